The zero-order valence-electron chi connectivity index (χ0n) is 6.81. The van der Waals surface area contributed by atoms with Crippen molar-refractivity contribution in [2.24, 2.45) is 0 Å². The predicted molar refractivity (Wildman–Crippen MR) is 48.2 cm³/mol. The number of nitrogens with zero attached hydrogens (tertiary/aromatic N) is 1. The second-order valence-corrected chi connectivity index (χ2v) is 2.89. The topological polar surface area (TPSA) is 43.7 Å². The first-order valence-corrected chi connectivity index (χ1v) is 3.96. The molecule has 0 aromatic carbocycles. The van der Waals surface area contributed by atoms with Gasteiger partial charge in [-0.3, -0.25) is 0 Å². The van der Waals surface area contributed by atoms with E-state index >= 15 is 0 Å². The Bertz CT molecular complexity index is 120. The van der Waals surface area contributed by atoms with Crippen molar-refractivity contribution in [3.8, 4) is 0 Å². The minimum atomic E-state index is -0.726. The van der Waals surface area contributed by atoms with Gasteiger partial charge in [0.05, 0.1) is 5.37 Å². The lowest BCUT2D eigenvalue weighted by Gasteiger charge is -2.31. The van der Waals surface area contributed by atoms with Gasteiger partial charge in [0.1, 0.15) is 12.5 Å². The van der Waals surface area contributed by atoms with Gasteiger partial charge in [0.2, 0.25) is 0 Å². The first-order valence-electron chi connectivity index (χ1n) is 3.45. The molecule has 0 spiro atoms. The average molecular weight is 177 g/mol. The Hall–Kier alpha value is -0.0300. The van der Waals surface area contributed by atoms with Crippen molar-refractivity contribution in [2.45, 2.75) is 31.7 Å². The quantitative estimate of drug-likeness (QED) is 0.331. The molecule has 0 saturated carbocycles. The SMILES string of the molecule is C=CC(S)N(C(C)O)C(C)O. The Morgan fingerprint density at radius 1 is 1.36 bits per heavy atom. The molecule has 0 aliphatic heterocycles. The van der Waals surface area contributed by atoms with E-state index < -0.39 is 12.5 Å². The summed E-state index contributed by atoms with van der Waals surface area (Å²) < 4.78 is 0. The van der Waals surface area contributed by atoms with E-state index in [1.54, 1.807) is 19.9 Å². The van der Waals surface area contributed by atoms with E-state index in [1.165, 1.54) is 4.90 Å². The van der Waals surface area contributed by atoms with Gasteiger partial charge in [-0.25, -0.2) is 4.90 Å². The number of rotatable bonds is 4. The Morgan fingerprint density at radius 3 is 1.82 bits per heavy atom. The highest BCUT2D eigenvalue weighted by molar-refractivity contribution is 7.81. The minimum absolute atomic E-state index is 0.324. The van der Waals surface area contributed by atoms with Crippen molar-refractivity contribution < 1.29 is 10.2 Å². The smallest absolute Gasteiger partial charge is 0.107 e. The van der Waals surface area contributed by atoms with Crippen LogP contribution in [0, 0.1) is 0 Å². The van der Waals surface area contributed by atoms with E-state index in [4.69, 9.17) is 10.2 Å². The van der Waals surface area contributed by atoms with Gasteiger partial charge in [-0.05, 0) is 13.8 Å². The number of hydrogen-bond acceptors (Lipinski definition) is 4. The summed E-state index contributed by atoms with van der Waals surface area (Å²) in [6.07, 6.45) is 0.0914. The average Bonchev–Trinajstić information content (AvgIpc) is 1.85. The standard InChI is InChI=1S/C7H15NO2S/c1-4-7(11)8(5(2)9)6(3)10/h4-7,9-11H,1H2,2-3H3. The fraction of sp³-hybridized carbons (Fsp3) is 0.714. The number of thiol groups is 1. The second kappa shape index (κ2) is 4.77. The normalized spacial score (nSPS) is 19.5. The van der Waals surface area contributed by atoms with Crippen molar-refractivity contribution in [1.29, 1.82) is 0 Å². The molecule has 4 heteroatoms. The van der Waals surface area contributed by atoms with Crippen LogP contribution in [0.3, 0.4) is 0 Å². The summed E-state index contributed by atoms with van der Waals surface area (Å²) in [5.41, 5.74) is 0. The fourth-order valence-corrected chi connectivity index (χ4v) is 1.26. The van der Waals surface area contributed by atoms with Crippen LogP contribution in [0.4, 0.5) is 0 Å². The summed E-state index contributed by atoms with van der Waals surface area (Å²) in [4.78, 5) is 1.41. The van der Waals surface area contributed by atoms with Crippen LogP contribution in [-0.2, 0) is 0 Å². The van der Waals surface area contributed by atoms with Crippen molar-refractivity contribution in [2.75, 3.05) is 0 Å². The molecule has 66 valence electrons. The molecule has 0 aliphatic rings. The lowest BCUT2D eigenvalue weighted by Crippen LogP contribution is -2.44. The van der Waals surface area contributed by atoms with Crippen molar-refractivity contribution >= 4 is 12.6 Å². The molecule has 3 unspecified atom stereocenters. The molecule has 0 rings (SSSR count). The molecule has 0 radical (unpaired) electrons. The molecule has 0 aromatic rings. The van der Waals surface area contributed by atoms with Crippen LogP contribution in [0.1, 0.15) is 13.8 Å². The summed E-state index contributed by atoms with van der Waals surface area (Å²) in [5.74, 6) is 0. The first-order chi connectivity index (χ1) is 5.00. The number of aliphatic hydroxyl groups is 2. The fourth-order valence-electron chi connectivity index (χ4n) is 0.876. The van der Waals surface area contributed by atoms with Crippen LogP contribution >= 0.6 is 12.6 Å². The van der Waals surface area contributed by atoms with Gasteiger partial charge in [-0.2, -0.15) is 12.6 Å². The third-order valence-electron chi connectivity index (χ3n) is 1.38. The zero-order chi connectivity index (χ0) is 9.02. The Labute approximate surface area is 72.7 Å². The molecule has 2 N–H and O–H groups in total. The molecule has 11 heavy (non-hydrogen) atoms. The Kier molecular flexibility index (Phi) is 4.76. The monoisotopic (exact) mass is 177 g/mol. The van der Waals surface area contributed by atoms with E-state index in [0.717, 1.165) is 0 Å². The zero-order valence-corrected chi connectivity index (χ0v) is 7.70. The Balaban J connectivity index is 4.20. The lowest BCUT2D eigenvalue weighted by atomic mass is 10.4. The van der Waals surface area contributed by atoms with Crippen LogP contribution in [-0.4, -0.2) is 32.9 Å². The molecule has 3 nitrogen and oxygen atoms in total. The van der Waals surface area contributed by atoms with Crippen molar-refractivity contribution in [3.05, 3.63) is 12.7 Å². The van der Waals surface area contributed by atoms with Gasteiger partial charge in [0.15, 0.2) is 0 Å². The molecule has 0 bridgehead atoms. The molecular weight excluding hydrogens is 162 g/mol. The minimum Gasteiger partial charge on any atom is -0.379 e. The number of hydrogen-bond donors (Lipinski definition) is 3. The maximum Gasteiger partial charge on any atom is 0.107 e. The highest BCUT2D eigenvalue weighted by atomic mass is 32.1. The van der Waals surface area contributed by atoms with Gasteiger partial charge in [-0.1, -0.05) is 6.08 Å². The first kappa shape index (κ1) is 11.0. The predicted octanol–water partition coefficient (Wildman–Crippen LogP) is 0.407. The highest BCUT2D eigenvalue weighted by Crippen LogP contribution is 2.11. The van der Waals surface area contributed by atoms with Crippen LogP contribution in [0.25, 0.3) is 0 Å². The van der Waals surface area contributed by atoms with E-state index in [2.05, 4.69) is 19.2 Å². The summed E-state index contributed by atoms with van der Waals surface area (Å²) in [5, 5.41) is 18.0. The molecule has 0 fully saturated rings. The van der Waals surface area contributed by atoms with Gasteiger partial charge < -0.3 is 10.2 Å². The summed E-state index contributed by atoms with van der Waals surface area (Å²) in [6.45, 7) is 6.64. The molecule has 0 aromatic heterocycles. The van der Waals surface area contributed by atoms with Gasteiger partial charge in [0, 0.05) is 0 Å². The maximum atomic E-state index is 9.15. The Morgan fingerprint density at radius 2 is 1.73 bits per heavy atom. The number of aliphatic hydroxyl groups excluding tert-OH is 2. The van der Waals surface area contributed by atoms with Crippen molar-refractivity contribution in [3.63, 3.8) is 0 Å². The molecule has 0 saturated heterocycles. The largest absolute Gasteiger partial charge is 0.379 e. The summed E-state index contributed by atoms with van der Waals surface area (Å²) in [7, 11) is 0. The second-order valence-electron chi connectivity index (χ2n) is 2.36. The van der Waals surface area contributed by atoms with Gasteiger partial charge in [0.25, 0.3) is 0 Å². The third-order valence-corrected chi connectivity index (χ3v) is 1.86. The lowest BCUT2D eigenvalue weighted by molar-refractivity contribution is -0.0830. The highest BCUT2D eigenvalue weighted by Gasteiger charge is 2.20. The van der Waals surface area contributed by atoms with Gasteiger partial charge >= 0.3 is 0 Å². The molecule has 0 heterocycles. The van der Waals surface area contributed by atoms with Crippen LogP contribution in [0.15, 0.2) is 12.7 Å². The van der Waals surface area contributed by atoms with E-state index in [-0.39, 0.29) is 5.37 Å². The molecule has 3 atom stereocenters. The van der Waals surface area contributed by atoms with Crippen LogP contribution < -0.4 is 0 Å². The molecule has 0 aliphatic carbocycles. The van der Waals surface area contributed by atoms with E-state index in [0.29, 0.717) is 0 Å². The van der Waals surface area contributed by atoms with Gasteiger partial charge in [-0.15, -0.1) is 6.58 Å². The van der Waals surface area contributed by atoms with E-state index in [1.807, 2.05) is 0 Å². The molecular formula is C7H15NO2S. The van der Waals surface area contributed by atoms with E-state index in [9.17, 15) is 0 Å². The maximum absolute atomic E-state index is 9.15. The summed E-state index contributed by atoms with van der Waals surface area (Å²) in [6, 6.07) is 0. The van der Waals surface area contributed by atoms with Crippen LogP contribution in [0.5, 0.6) is 0 Å². The van der Waals surface area contributed by atoms with Crippen LogP contribution in [0.2, 0.25) is 0 Å². The summed E-state index contributed by atoms with van der Waals surface area (Å²) >= 11 is 4.09. The third kappa shape index (κ3) is 3.25. The molecule has 0 amide bonds. The van der Waals surface area contributed by atoms with Crippen molar-refractivity contribution in [1.82, 2.24) is 4.90 Å².